The van der Waals surface area contributed by atoms with E-state index in [4.69, 9.17) is 9.15 Å². The second kappa shape index (κ2) is 9.80. The zero-order valence-corrected chi connectivity index (χ0v) is 16.2. The normalized spacial score (nSPS) is 11.1. The Morgan fingerprint density at radius 3 is 2.37 bits per heavy atom. The lowest BCUT2D eigenvalue weighted by Gasteiger charge is -2.19. The SMILES string of the molecule is CC(C)(C)c1ccc(OCCCC(=O)NCCNC(=O)c2ccco2)cc1. The van der Waals surface area contributed by atoms with Crippen LogP contribution in [0.1, 0.15) is 49.7 Å². The van der Waals surface area contributed by atoms with Crippen LogP contribution in [0.3, 0.4) is 0 Å². The highest BCUT2D eigenvalue weighted by Gasteiger charge is 2.13. The summed E-state index contributed by atoms with van der Waals surface area (Å²) < 4.78 is 10.7. The van der Waals surface area contributed by atoms with Crippen molar-refractivity contribution in [3.8, 4) is 5.75 Å². The topological polar surface area (TPSA) is 80.6 Å². The third kappa shape index (κ3) is 7.17. The minimum atomic E-state index is -0.292. The molecule has 0 aliphatic rings. The Bertz CT molecular complexity index is 716. The molecule has 0 aliphatic carbocycles. The summed E-state index contributed by atoms with van der Waals surface area (Å²) in [4.78, 5) is 23.4. The molecule has 2 N–H and O–H groups in total. The van der Waals surface area contributed by atoms with Crippen LogP contribution in [0, 0.1) is 0 Å². The van der Waals surface area contributed by atoms with Gasteiger partial charge in [-0.1, -0.05) is 32.9 Å². The quantitative estimate of drug-likeness (QED) is 0.662. The highest BCUT2D eigenvalue weighted by molar-refractivity contribution is 5.91. The molecule has 6 heteroatoms. The minimum Gasteiger partial charge on any atom is -0.494 e. The minimum absolute atomic E-state index is 0.0612. The van der Waals surface area contributed by atoms with Crippen LogP contribution < -0.4 is 15.4 Å². The van der Waals surface area contributed by atoms with E-state index in [9.17, 15) is 9.59 Å². The molecule has 1 heterocycles. The molecule has 1 aromatic carbocycles. The van der Waals surface area contributed by atoms with E-state index in [2.05, 4.69) is 43.5 Å². The monoisotopic (exact) mass is 372 g/mol. The summed E-state index contributed by atoms with van der Waals surface area (Å²) in [5, 5.41) is 5.44. The molecule has 0 fully saturated rings. The van der Waals surface area contributed by atoms with E-state index in [1.807, 2.05) is 12.1 Å². The fourth-order valence-corrected chi connectivity index (χ4v) is 2.44. The van der Waals surface area contributed by atoms with Gasteiger partial charge in [0, 0.05) is 19.5 Å². The van der Waals surface area contributed by atoms with Gasteiger partial charge in [0.1, 0.15) is 5.75 Å². The number of benzene rings is 1. The second-order valence-corrected chi connectivity index (χ2v) is 7.31. The summed E-state index contributed by atoms with van der Waals surface area (Å²) in [5.41, 5.74) is 1.38. The first-order valence-electron chi connectivity index (χ1n) is 9.18. The molecule has 0 bridgehead atoms. The van der Waals surface area contributed by atoms with Crippen LogP contribution in [-0.4, -0.2) is 31.5 Å². The van der Waals surface area contributed by atoms with E-state index in [-0.39, 0.29) is 23.0 Å². The lowest BCUT2D eigenvalue weighted by atomic mass is 9.87. The molecular weight excluding hydrogens is 344 g/mol. The van der Waals surface area contributed by atoms with Crippen molar-refractivity contribution in [1.82, 2.24) is 10.6 Å². The fraction of sp³-hybridized carbons (Fsp3) is 0.429. The Morgan fingerprint density at radius 2 is 1.74 bits per heavy atom. The van der Waals surface area contributed by atoms with E-state index in [1.165, 1.54) is 11.8 Å². The van der Waals surface area contributed by atoms with Gasteiger partial charge >= 0.3 is 0 Å². The zero-order valence-electron chi connectivity index (χ0n) is 16.2. The molecule has 0 saturated heterocycles. The van der Waals surface area contributed by atoms with Gasteiger partial charge in [-0.2, -0.15) is 0 Å². The smallest absolute Gasteiger partial charge is 0.287 e. The van der Waals surface area contributed by atoms with Crippen molar-refractivity contribution in [3.05, 3.63) is 54.0 Å². The maximum Gasteiger partial charge on any atom is 0.287 e. The number of rotatable bonds is 9. The lowest BCUT2D eigenvalue weighted by Crippen LogP contribution is -2.34. The third-order valence-corrected chi connectivity index (χ3v) is 4.01. The lowest BCUT2D eigenvalue weighted by molar-refractivity contribution is -0.121. The van der Waals surface area contributed by atoms with E-state index in [0.717, 1.165) is 5.75 Å². The summed E-state index contributed by atoms with van der Waals surface area (Å²) >= 11 is 0. The predicted octanol–water partition coefficient (Wildman–Crippen LogP) is 3.28. The van der Waals surface area contributed by atoms with E-state index in [0.29, 0.717) is 32.5 Å². The fourth-order valence-electron chi connectivity index (χ4n) is 2.44. The van der Waals surface area contributed by atoms with Crippen molar-refractivity contribution in [1.29, 1.82) is 0 Å². The Hall–Kier alpha value is -2.76. The largest absolute Gasteiger partial charge is 0.494 e. The van der Waals surface area contributed by atoms with Crippen LogP contribution >= 0.6 is 0 Å². The van der Waals surface area contributed by atoms with Crippen molar-refractivity contribution in [2.75, 3.05) is 19.7 Å². The molecule has 6 nitrogen and oxygen atoms in total. The van der Waals surface area contributed by atoms with Gasteiger partial charge in [0.25, 0.3) is 5.91 Å². The summed E-state index contributed by atoms with van der Waals surface area (Å²) in [5.74, 6) is 0.715. The first kappa shape index (κ1) is 20.6. The van der Waals surface area contributed by atoms with Crippen LogP contribution in [0.25, 0.3) is 0 Å². The number of nitrogens with one attached hydrogen (secondary N) is 2. The van der Waals surface area contributed by atoms with Gasteiger partial charge in [0.2, 0.25) is 5.91 Å². The van der Waals surface area contributed by atoms with Crippen molar-refractivity contribution in [2.24, 2.45) is 0 Å². The second-order valence-electron chi connectivity index (χ2n) is 7.31. The predicted molar refractivity (Wildman–Crippen MR) is 104 cm³/mol. The maximum atomic E-state index is 11.8. The summed E-state index contributed by atoms with van der Waals surface area (Å²) in [6.07, 6.45) is 2.45. The number of hydrogen-bond donors (Lipinski definition) is 2. The van der Waals surface area contributed by atoms with Gasteiger partial charge in [0.15, 0.2) is 5.76 Å². The number of carbonyl (C=O) groups is 2. The number of hydrogen-bond acceptors (Lipinski definition) is 4. The molecule has 2 aromatic rings. The molecule has 0 saturated carbocycles. The highest BCUT2D eigenvalue weighted by Crippen LogP contribution is 2.24. The van der Waals surface area contributed by atoms with Gasteiger partial charge in [0.05, 0.1) is 12.9 Å². The first-order chi connectivity index (χ1) is 12.9. The molecule has 2 amide bonds. The van der Waals surface area contributed by atoms with Gasteiger partial charge in [-0.3, -0.25) is 9.59 Å². The standard InChI is InChI=1S/C21H28N2O4/c1-21(2,3)16-8-10-17(11-9-16)26-14-5-7-19(24)22-12-13-23-20(25)18-6-4-15-27-18/h4,6,8-11,15H,5,7,12-14H2,1-3H3,(H,22,24)(H,23,25). The molecule has 0 atom stereocenters. The Kier molecular flexibility index (Phi) is 7.46. The van der Waals surface area contributed by atoms with E-state index < -0.39 is 0 Å². The van der Waals surface area contributed by atoms with Crippen LogP contribution in [0.4, 0.5) is 0 Å². The number of ether oxygens (including phenoxy) is 1. The van der Waals surface area contributed by atoms with Crippen molar-refractivity contribution in [3.63, 3.8) is 0 Å². The number of carbonyl (C=O) groups excluding carboxylic acids is 2. The van der Waals surface area contributed by atoms with Crippen LogP contribution in [0.5, 0.6) is 5.75 Å². The molecule has 146 valence electrons. The molecule has 0 aliphatic heterocycles. The molecule has 0 spiro atoms. The average molecular weight is 372 g/mol. The number of amides is 2. The van der Waals surface area contributed by atoms with Crippen LogP contribution in [-0.2, 0) is 10.2 Å². The van der Waals surface area contributed by atoms with Gasteiger partial charge in [-0.25, -0.2) is 0 Å². The zero-order chi connectivity index (χ0) is 19.7. The van der Waals surface area contributed by atoms with Crippen LogP contribution in [0.2, 0.25) is 0 Å². The van der Waals surface area contributed by atoms with Crippen molar-refractivity contribution >= 4 is 11.8 Å². The van der Waals surface area contributed by atoms with Gasteiger partial charge in [-0.15, -0.1) is 0 Å². The maximum absolute atomic E-state index is 11.8. The first-order valence-corrected chi connectivity index (χ1v) is 9.18. The van der Waals surface area contributed by atoms with Crippen molar-refractivity contribution in [2.45, 2.75) is 39.0 Å². The van der Waals surface area contributed by atoms with Gasteiger partial charge in [-0.05, 0) is 41.7 Å². The van der Waals surface area contributed by atoms with Gasteiger partial charge < -0.3 is 19.8 Å². The Morgan fingerprint density at radius 1 is 1.04 bits per heavy atom. The molecule has 27 heavy (non-hydrogen) atoms. The summed E-state index contributed by atoms with van der Waals surface area (Å²) in [7, 11) is 0. The molecule has 0 unspecified atom stereocenters. The molecular formula is C21H28N2O4. The summed E-state index contributed by atoms with van der Waals surface area (Å²) in [6, 6.07) is 11.3. The van der Waals surface area contributed by atoms with Crippen LogP contribution in [0.15, 0.2) is 47.1 Å². The Balaban J connectivity index is 1.55. The van der Waals surface area contributed by atoms with Crippen molar-refractivity contribution < 1.29 is 18.7 Å². The Labute approximate surface area is 160 Å². The summed E-state index contributed by atoms with van der Waals surface area (Å²) in [6.45, 7) is 7.72. The van der Waals surface area contributed by atoms with E-state index in [1.54, 1.807) is 12.1 Å². The third-order valence-electron chi connectivity index (χ3n) is 4.01. The number of furan rings is 1. The molecule has 0 radical (unpaired) electrons. The molecule has 2 rings (SSSR count). The highest BCUT2D eigenvalue weighted by atomic mass is 16.5. The van der Waals surface area contributed by atoms with E-state index >= 15 is 0 Å². The average Bonchev–Trinajstić information content (AvgIpc) is 3.17. The molecule has 1 aromatic heterocycles.